The molecule has 0 saturated carbocycles. The lowest BCUT2D eigenvalue weighted by atomic mass is 10.0. The van der Waals surface area contributed by atoms with Crippen LogP contribution in [0.25, 0.3) is 0 Å². The molecule has 1 aliphatic heterocycles. The SMILES string of the molecule is C[C@H]1CCCN(C(=O)COc2ccccc2F)C1. The predicted octanol–water partition coefficient (Wildman–Crippen LogP) is 2.46. The first kappa shape index (κ1) is 12.9. The molecular formula is C14H18FNO2. The number of benzene rings is 1. The molecular weight excluding hydrogens is 233 g/mol. The third kappa shape index (κ3) is 3.22. The summed E-state index contributed by atoms with van der Waals surface area (Å²) in [6.45, 7) is 3.61. The van der Waals surface area contributed by atoms with Gasteiger partial charge in [-0.1, -0.05) is 19.1 Å². The number of ether oxygens (including phenoxy) is 1. The number of carbonyl (C=O) groups is 1. The van der Waals surface area contributed by atoms with Gasteiger partial charge in [0.15, 0.2) is 18.2 Å². The second kappa shape index (κ2) is 5.85. The standard InChI is InChI=1S/C14H18FNO2/c1-11-5-4-8-16(9-11)14(17)10-18-13-7-3-2-6-12(13)15/h2-3,6-7,11H,4-5,8-10H2,1H3/t11-/m0/s1. The number of carbonyl (C=O) groups excluding carboxylic acids is 1. The molecule has 4 heteroatoms. The molecule has 1 amide bonds. The van der Waals surface area contributed by atoms with Gasteiger partial charge in [0.05, 0.1) is 0 Å². The van der Waals surface area contributed by atoms with Crippen LogP contribution >= 0.6 is 0 Å². The molecule has 2 rings (SSSR count). The highest BCUT2D eigenvalue weighted by molar-refractivity contribution is 5.77. The number of hydrogen-bond acceptors (Lipinski definition) is 2. The lowest BCUT2D eigenvalue weighted by Crippen LogP contribution is -2.41. The Labute approximate surface area is 107 Å². The van der Waals surface area contributed by atoms with Crippen molar-refractivity contribution in [2.45, 2.75) is 19.8 Å². The fourth-order valence-corrected chi connectivity index (χ4v) is 2.21. The zero-order valence-corrected chi connectivity index (χ0v) is 10.6. The Morgan fingerprint density at radius 3 is 3.00 bits per heavy atom. The number of hydrogen-bond donors (Lipinski definition) is 0. The molecule has 1 atom stereocenters. The normalized spacial score (nSPS) is 19.7. The molecule has 1 aliphatic rings. The van der Waals surface area contributed by atoms with Gasteiger partial charge in [-0.15, -0.1) is 0 Å². The van der Waals surface area contributed by atoms with Crippen LogP contribution in [0.3, 0.4) is 0 Å². The molecule has 0 aromatic heterocycles. The lowest BCUT2D eigenvalue weighted by molar-refractivity contribution is -0.135. The van der Waals surface area contributed by atoms with Crippen LogP contribution in [0.5, 0.6) is 5.75 Å². The van der Waals surface area contributed by atoms with Gasteiger partial charge in [0.2, 0.25) is 0 Å². The summed E-state index contributed by atoms with van der Waals surface area (Å²) in [5, 5.41) is 0. The number of nitrogens with zero attached hydrogens (tertiary/aromatic N) is 1. The van der Waals surface area contributed by atoms with Crippen LogP contribution in [-0.4, -0.2) is 30.5 Å². The monoisotopic (exact) mass is 251 g/mol. The minimum Gasteiger partial charge on any atom is -0.481 e. The maximum atomic E-state index is 13.3. The first-order valence-electron chi connectivity index (χ1n) is 6.32. The van der Waals surface area contributed by atoms with Crippen molar-refractivity contribution in [1.82, 2.24) is 4.90 Å². The van der Waals surface area contributed by atoms with E-state index in [4.69, 9.17) is 4.74 Å². The molecule has 0 spiro atoms. The van der Waals surface area contributed by atoms with Gasteiger partial charge in [-0.05, 0) is 30.9 Å². The van der Waals surface area contributed by atoms with Crippen LogP contribution in [0.15, 0.2) is 24.3 Å². The minimum atomic E-state index is -0.433. The number of para-hydroxylation sites is 1. The number of rotatable bonds is 3. The van der Waals surface area contributed by atoms with Crippen LogP contribution < -0.4 is 4.74 Å². The topological polar surface area (TPSA) is 29.5 Å². The molecule has 98 valence electrons. The Hall–Kier alpha value is -1.58. The predicted molar refractivity (Wildman–Crippen MR) is 66.9 cm³/mol. The Kier molecular flexibility index (Phi) is 4.18. The average molecular weight is 251 g/mol. The van der Waals surface area contributed by atoms with Gasteiger partial charge in [0.1, 0.15) is 0 Å². The van der Waals surface area contributed by atoms with E-state index in [0.29, 0.717) is 5.92 Å². The van der Waals surface area contributed by atoms with Gasteiger partial charge >= 0.3 is 0 Å². The largest absolute Gasteiger partial charge is 0.481 e. The number of likely N-dealkylation sites (tertiary alicyclic amines) is 1. The Bertz CT molecular complexity index is 422. The van der Waals surface area contributed by atoms with E-state index in [-0.39, 0.29) is 18.3 Å². The van der Waals surface area contributed by atoms with E-state index < -0.39 is 5.82 Å². The molecule has 0 N–H and O–H groups in total. The van der Waals surface area contributed by atoms with E-state index in [2.05, 4.69) is 6.92 Å². The maximum absolute atomic E-state index is 13.3. The summed E-state index contributed by atoms with van der Waals surface area (Å²) >= 11 is 0. The first-order valence-corrected chi connectivity index (χ1v) is 6.32. The second-order valence-electron chi connectivity index (χ2n) is 4.81. The van der Waals surface area contributed by atoms with Crippen molar-refractivity contribution >= 4 is 5.91 Å². The number of amides is 1. The highest BCUT2D eigenvalue weighted by atomic mass is 19.1. The quantitative estimate of drug-likeness (QED) is 0.826. The van der Waals surface area contributed by atoms with Crippen LogP contribution in [0.2, 0.25) is 0 Å². The van der Waals surface area contributed by atoms with E-state index in [1.54, 1.807) is 17.0 Å². The van der Waals surface area contributed by atoms with E-state index in [1.807, 2.05) is 0 Å². The highest BCUT2D eigenvalue weighted by Crippen LogP contribution is 2.17. The zero-order chi connectivity index (χ0) is 13.0. The van der Waals surface area contributed by atoms with Crippen molar-refractivity contribution in [2.24, 2.45) is 5.92 Å². The van der Waals surface area contributed by atoms with E-state index >= 15 is 0 Å². The summed E-state index contributed by atoms with van der Waals surface area (Å²) in [6, 6.07) is 6.13. The van der Waals surface area contributed by atoms with E-state index in [9.17, 15) is 9.18 Å². The fourth-order valence-electron chi connectivity index (χ4n) is 2.21. The smallest absolute Gasteiger partial charge is 0.260 e. The summed E-state index contributed by atoms with van der Waals surface area (Å²) in [7, 11) is 0. The first-order chi connectivity index (χ1) is 8.66. The summed E-state index contributed by atoms with van der Waals surface area (Å²) < 4.78 is 18.5. The van der Waals surface area contributed by atoms with Crippen molar-refractivity contribution in [1.29, 1.82) is 0 Å². The van der Waals surface area contributed by atoms with Gasteiger partial charge in [-0.25, -0.2) is 4.39 Å². The Morgan fingerprint density at radius 1 is 1.50 bits per heavy atom. The molecule has 1 fully saturated rings. The number of halogens is 1. The van der Waals surface area contributed by atoms with E-state index in [1.165, 1.54) is 12.1 Å². The molecule has 18 heavy (non-hydrogen) atoms. The van der Waals surface area contributed by atoms with Gasteiger partial charge in [-0.2, -0.15) is 0 Å². The summed E-state index contributed by atoms with van der Waals surface area (Å²) in [5.41, 5.74) is 0. The third-order valence-electron chi connectivity index (χ3n) is 3.20. The summed E-state index contributed by atoms with van der Waals surface area (Å²) in [5.74, 6) is 0.175. The van der Waals surface area contributed by atoms with Crippen LogP contribution in [0, 0.1) is 11.7 Å². The second-order valence-corrected chi connectivity index (χ2v) is 4.81. The summed E-state index contributed by atoms with van der Waals surface area (Å²) in [4.78, 5) is 13.7. The summed E-state index contributed by atoms with van der Waals surface area (Å²) in [6.07, 6.45) is 2.20. The Balaban J connectivity index is 1.86. The van der Waals surface area contributed by atoms with Gasteiger partial charge < -0.3 is 9.64 Å². The van der Waals surface area contributed by atoms with Crippen molar-refractivity contribution in [3.05, 3.63) is 30.1 Å². The minimum absolute atomic E-state index is 0.0650. The fraction of sp³-hybridized carbons (Fsp3) is 0.500. The molecule has 0 bridgehead atoms. The molecule has 0 radical (unpaired) electrons. The van der Waals surface area contributed by atoms with Crippen molar-refractivity contribution in [3.63, 3.8) is 0 Å². The molecule has 1 heterocycles. The maximum Gasteiger partial charge on any atom is 0.260 e. The molecule has 1 aromatic carbocycles. The Morgan fingerprint density at radius 2 is 2.28 bits per heavy atom. The lowest BCUT2D eigenvalue weighted by Gasteiger charge is -2.30. The third-order valence-corrected chi connectivity index (χ3v) is 3.20. The van der Waals surface area contributed by atoms with Gasteiger partial charge in [0, 0.05) is 13.1 Å². The van der Waals surface area contributed by atoms with Crippen molar-refractivity contribution in [3.8, 4) is 5.75 Å². The van der Waals surface area contributed by atoms with Crippen LogP contribution in [0.4, 0.5) is 4.39 Å². The van der Waals surface area contributed by atoms with Crippen molar-refractivity contribution in [2.75, 3.05) is 19.7 Å². The van der Waals surface area contributed by atoms with Crippen LogP contribution in [-0.2, 0) is 4.79 Å². The highest BCUT2D eigenvalue weighted by Gasteiger charge is 2.21. The van der Waals surface area contributed by atoms with Gasteiger partial charge in [-0.3, -0.25) is 4.79 Å². The number of piperidine rings is 1. The average Bonchev–Trinajstić information content (AvgIpc) is 2.37. The molecule has 0 unspecified atom stereocenters. The zero-order valence-electron chi connectivity index (χ0n) is 10.6. The molecule has 1 aromatic rings. The van der Waals surface area contributed by atoms with Crippen molar-refractivity contribution < 1.29 is 13.9 Å². The van der Waals surface area contributed by atoms with Gasteiger partial charge in [0.25, 0.3) is 5.91 Å². The molecule has 0 aliphatic carbocycles. The molecule has 1 saturated heterocycles. The van der Waals surface area contributed by atoms with E-state index in [0.717, 1.165) is 25.9 Å². The molecule has 3 nitrogen and oxygen atoms in total. The van der Waals surface area contributed by atoms with Crippen LogP contribution in [0.1, 0.15) is 19.8 Å².